The van der Waals surface area contributed by atoms with Crippen molar-refractivity contribution in [2.45, 2.75) is 31.7 Å². The second-order valence-corrected chi connectivity index (χ2v) is 6.46. The van der Waals surface area contributed by atoms with E-state index in [1.54, 1.807) is 6.21 Å². The van der Waals surface area contributed by atoms with Crippen LogP contribution in [0.25, 0.3) is 0 Å². The third-order valence-corrected chi connectivity index (χ3v) is 4.88. The van der Waals surface area contributed by atoms with Crippen molar-refractivity contribution in [2.75, 3.05) is 0 Å². The fraction of sp³-hybridized carbons (Fsp3) is 0.467. The lowest BCUT2D eigenvalue weighted by molar-refractivity contribution is 0.389. The molecule has 3 nitrogen and oxygen atoms in total. The summed E-state index contributed by atoms with van der Waals surface area (Å²) in [6.07, 6.45) is 7.04. The van der Waals surface area contributed by atoms with Crippen molar-refractivity contribution in [3.63, 3.8) is 0 Å². The summed E-state index contributed by atoms with van der Waals surface area (Å²) in [5, 5.41) is 8.82. The number of fused-ring (bicyclic) bond motifs is 2. The van der Waals surface area contributed by atoms with Gasteiger partial charge in [-0.2, -0.15) is 5.10 Å². The van der Waals surface area contributed by atoms with Crippen LogP contribution in [0.2, 0.25) is 5.02 Å². The fourth-order valence-electron chi connectivity index (χ4n) is 3.36. The standard InChI is InChI=1S/C15H18ClN3S/c16-13-4-2-1-3-12(13)9-17-19-15(20)18-14-8-10-5-6-11(14)7-10/h1-4,9-11,14H,5-8H2,(H2,18,19,20)/b17-9-/t10-,11-,14-/m0/s1. The van der Waals surface area contributed by atoms with Gasteiger partial charge < -0.3 is 5.32 Å². The first kappa shape index (κ1) is 13.8. The average Bonchev–Trinajstić information content (AvgIpc) is 3.03. The van der Waals surface area contributed by atoms with E-state index < -0.39 is 0 Å². The van der Waals surface area contributed by atoms with Crippen LogP contribution in [-0.4, -0.2) is 17.4 Å². The summed E-state index contributed by atoms with van der Waals surface area (Å²) in [7, 11) is 0. The number of nitrogens with one attached hydrogen (secondary N) is 2. The minimum absolute atomic E-state index is 0.532. The molecule has 106 valence electrons. The second-order valence-electron chi connectivity index (χ2n) is 5.65. The maximum atomic E-state index is 6.05. The van der Waals surface area contributed by atoms with E-state index in [1.165, 1.54) is 25.7 Å². The molecule has 1 aromatic rings. The zero-order chi connectivity index (χ0) is 13.9. The number of hydrogen-bond acceptors (Lipinski definition) is 2. The average molecular weight is 308 g/mol. The lowest BCUT2D eigenvalue weighted by Gasteiger charge is -2.23. The summed E-state index contributed by atoms with van der Waals surface area (Å²) in [5.74, 6) is 1.71. The van der Waals surface area contributed by atoms with Crippen LogP contribution < -0.4 is 10.7 Å². The molecule has 20 heavy (non-hydrogen) atoms. The van der Waals surface area contributed by atoms with Gasteiger partial charge in [-0.15, -0.1) is 0 Å². The van der Waals surface area contributed by atoms with Crippen LogP contribution in [0.1, 0.15) is 31.2 Å². The van der Waals surface area contributed by atoms with E-state index in [-0.39, 0.29) is 0 Å². The minimum Gasteiger partial charge on any atom is -0.358 e. The van der Waals surface area contributed by atoms with E-state index in [0.717, 1.165) is 17.4 Å². The molecule has 2 aliphatic carbocycles. The van der Waals surface area contributed by atoms with Crippen molar-refractivity contribution in [1.29, 1.82) is 0 Å². The number of rotatable bonds is 3. The van der Waals surface area contributed by atoms with Gasteiger partial charge in [0.2, 0.25) is 0 Å². The van der Waals surface area contributed by atoms with Crippen LogP contribution in [-0.2, 0) is 0 Å². The predicted molar refractivity (Wildman–Crippen MR) is 87.2 cm³/mol. The van der Waals surface area contributed by atoms with Gasteiger partial charge in [-0.1, -0.05) is 36.2 Å². The fourth-order valence-corrected chi connectivity index (χ4v) is 3.75. The Hall–Kier alpha value is -1.13. The summed E-state index contributed by atoms with van der Waals surface area (Å²) < 4.78 is 0. The van der Waals surface area contributed by atoms with Gasteiger partial charge in [-0.05, 0) is 49.4 Å². The van der Waals surface area contributed by atoms with Gasteiger partial charge in [-0.25, -0.2) is 0 Å². The van der Waals surface area contributed by atoms with Crippen LogP contribution in [0.5, 0.6) is 0 Å². The first-order chi connectivity index (χ1) is 9.72. The van der Waals surface area contributed by atoms with Crippen LogP contribution in [0.4, 0.5) is 0 Å². The molecular formula is C15H18ClN3S. The van der Waals surface area contributed by atoms with Crippen molar-refractivity contribution >= 4 is 35.1 Å². The maximum Gasteiger partial charge on any atom is 0.187 e. The summed E-state index contributed by atoms with van der Waals surface area (Å²) in [6.45, 7) is 0. The maximum absolute atomic E-state index is 6.05. The smallest absolute Gasteiger partial charge is 0.187 e. The second kappa shape index (κ2) is 6.10. The highest BCUT2D eigenvalue weighted by atomic mass is 35.5. The Bertz CT molecular complexity index is 532. The SMILES string of the molecule is S=C(N/N=C\c1ccccc1Cl)N[C@H]1C[C@H]2CC[C@H]1C2. The molecule has 0 heterocycles. The topological polar surface area (TPSA) is 36.4 Å². The normalized spacial score (nSPS) is 27.9. The van der Waals surface area contributed by atoms with Crippen molar-refractivity contribution in [2.24, 2.45) is 16.9 Å². The third kappa shape index (κ3) is 3.13. The van der Waals surface area contributed by atoms with E-state index in [0.29, 0.717) is 16.2 Å². The summed E-state index contributed by atoms with van der Waals surface area (Å²) >= 11 is 11.3. The van der Waals surface area contributed by atoms with Crippen molar-refractivity contribution in [1.82, 2.24) is 10.7 Å². The van der Waals surface area contributed by atoms with E-state index in [2.05, 4.69) is 15.8 Å². The molecule has 0 aliphatic heterocycles. The Balaban J connectivity index is 1.49. The molecular weight excluding hydrogens is 290 g/mol. The number of hydrazone groups is 1. The molecule has 0 radical (unpaired) electrons. The number of benzene rings is 1. The highest BCUT2D eigenvalue weighted by molar-refractivity contribution is 7.80. The molecule has 1 aromatic carbocycles. The molecule has 2 aliphatic rings. The molecule has 5 heteroatoms. The molecule has 3 rings (SSSR count). The Morgan fingerprint density at radius 1 is 1.30 bits per heavy atom. The monoisotopic (exact) mass is 307 g/mol. The zero-order valence-electron chi connectivity index (χ0n) is 11.2. The number of hydrogen-bond donors (Lipinski definition) is 2. The molecule has 2 fully saturated rings. The molecule has 3 atom stereocenters. The van der Waals surface area contributed by atoms with Crippen LogP contribution in [0, 0.1) is 11.8 Å². The summed E-state index contributed by atoms with van der Waals surface area (Å²) in [4.78, 5) is 0. The van der Waals surface area contributed by atoms with Crippen LogP contribution >= 0.6 is 23.8 Å². The number of halogens is 1. The Morgan fingerprint density at radius 3 is 2.85 bits per heavy atom. The number of thiocarbonyl (C=S) groups is 1. The van der Waals surface area contributed by atoms with Gasteiger partial charge in [0.15, 0.2) is 5.11 Å². The highest BCUT2D eigenvalue weighted by Crippen LogP contribution is 2.44. The van der Waals surface area contributed by atoms with E-state index >= 15 is 0 Å². The molecule has 2 N–H and O–H groups in total. The molecule has 0 amide bonds. The van der Waals surface area contributed by atoms with Gasteiger partial charge in [0.25, 0.3) is 0 Å². The summed E-state index contributed by atoms with van der Waals surface area (Å²) in [6, 6.07) is 8.12. The summed E-state index contributed by atoms with van der Waals surface area (Å²) in [5.41, 5.74) is 3.75. The van der Waals surface area contributed by atoms with Crippen molar-refractivity contribution < 1.29 is 0 Å². The Morgan fingerprint density at radius 2 is 2.15 bits per heavy atom. The molecule has 0 spiro atoms. The lowest BCUT2D eigenvalue weighted by atomic mass is 9.96. The van der Waals surface area contributed by atoms with Gasteiger partial charge in [0.1, 0.15) is 0 Å². The first-order valence-electron chi connectivity index (χ1n) is 7.06. The van der Waals surface area contributed by atoms with Crippen LogP contribution in [0.15, 0.2) is 29.4 Å². The van der Waals surface area contributed by atoms with Crippen molar-refractivity contribution in [3.8, 4) is 0 Å². The van der Waals surface area contributed by atoms with Gasteiger partial charge >= 0.3 is 0 Å². The third-order valence-electron chi connectivity index (χ3n) is 4.33. The van der Waals surface area contributed by atoms with Gasteiger partial charge in [0.05, 0.1) is 6.21 Å². The lowest BCUT2D eigenvalue weighted by Crippen LogP contribution is -2.42. The van der Waals surface area contributed by atoms with Gasteiger partial charge in [-0.3, -0.25) is 5.43 Å². The molecule has 2 bridgehead atoms. The molecule has 0 aromatic heterocycles. The minimum atomic E-state index is 0.532. The Labute approximate surface area is 129 Å². The number of nitrogens with zero attached hydrogens (tertiary/aromatic N) is 1. The molecule has 0 saturated heterocycles. The zero-order valence-corrected chi connectivity index (χ0v) is 12.8. The van der Waals surface area contributed by atoms with E-state index in [4.69, 9.17) is 23.8 Å². The van der Waals surface area contributed by atoms with Gasteiger partial charge in [0, 0.05) is 16.6 Å². The van der Waals surface area contributed by atoms with Crippen LogP contribution in [0.3, 0.4) is 0 Å². The molecule has 2 saturated carbocycles. The van der Waals surface area contributed by atoms with Crippen molar-refractivity contribution in [3.05, 3.63) is 34.9 Å². The predicted octanol–water partition coefficient (Wildman–Crippen LogP) is 3.33. The first-order valence-corrected chi connectivity index (χ1v) is 7.85. The molecule has 0 unspecified atom stereocenters. The quantitative estimate of drug-likeness (QED) is 0.511. The highest BCUT2D eigenvalue weighted by Gasteiger charge is 2.39. The van der Waals surface area contributed by atoms with E-state index in [1.807, 2.05) is 24.3 Å². The largest absolute Gasteiger partial charge is 0.358 e. The Kier molecular flexibility index (Phi) is 4.22. The van der Waals surface area contributed by atoms with E-state index in [9.17, 15) is 0 Å².